The smallest absolute Gasteiger partial charge is 0.160 e. The summed E-state index contributed by atoms with van der Waals surface area (Å²) in [6.07, 6.45) is 0. The minimum atomic E-state index is 0.707. The molecule has 3 aromatic heterocycles. The molecule has 0 aliphatic rings. The SMILES string of the molecule is c1ccc(-c2nc(-c3ccccc3)c(-c3cc(-n4c5ccccc5c5ccccc54)cc4c3sc3ccccc34)c(-c3ccccc3)n2)cc1. The van der Waals surface area contributed by atoms with E-state index in [0.717, 1.165) is 44.9 Å². The van der Waals surface area contributed by atoms with Gasteiger partial charge in [0.15, 0.2) is 5.82 Å². The quantitative estimate of drug-likeness (QED) is 0.185. The summed E-state index contributed by atoms with van der Waals surface area (Å²) in [6, 6.07) is 62.4. The van der Waals surface area contributed by atoms with Gasteiger partial charge in [-0.05, 0) is 30.3 Å². The molecule has 0 aliphatic heterocycles. The predicted octanol–water partition coefficient (Wildman–Crippen LogP) is 12.6. The number of aromatic nitrogens is 3. The molecule has 0 aliphatic carbocycles. The van der Waals surface area contributed by atoms with Gasteiger partial charge in [-0.25, -0.2) is 9.97 Å². The summed E-state index contributed by atoms with van der Waals surface area (Å²) in [5.74, 6) is 0.707. The Morgan fingerprint density at radius 2 is 0.900 bits per heavy atom. The summed E-state index contributed by atoms with van der Waals surface area (Å²) in [5, 5.41) is 4.96. The minimum absolute atomic E-state index is 0.707. The lowest BCUT2D eigenvalue weighted by molar-refractivity contribution is 1.18. The van der Waals surface area contributed by atoms with Crippen molar-refractivity contribution >= 4 is 53.3 Å². The van der Waals surface area contributed by atoms with Crippen LogP contribution in [0, 0.1) is 0 Å². The van der Waals surface area contributed by atoms with Gasteiger partial charge >= 0.3 is 0 Å². The monoisotopic (exact) mass is 655 g/mol. The molecule has 10 aromatic rings. The third-order valence-electron chi connectivity index (χ3n) is 9.61. The average Bonchev–Trinajstić information content (AvgIpc) is 3.74. The van der Waals surface area contributed by atoms with Crippen LogP contribution in [0.3, 0.4) is 0 Å². The van der Waals surface area contributed by atoms with Crippen molar-refractivity contribution in [1.29, 1.82) is 0 Å². The lowest BCUT2D eigenvalue weighted by Gasteiger charge is -2.19. The van der Waals surface area contributed by atoms with E-state index in [0.29, 0.717) is 5.82 Å². The van der Waals surface area contributed by atoms with Crippen LogP contribution in [0.1, 0.15) is 0 Å². The lowest BCUT2D eigenvalue weighted by atomic mass is 9.92. The summed E-state index contributed by atoms with van der Waals surface area (Å²) in [5.41, 5.74) is 10.5. The van der Waals surface area contributed by atoms with Gasteiger partial charge in [0, 0.05) is 64.4 Å². The molecule has 4 heteroatoms. The fraction of sp³-hybridized carbons (Fsp3) is 0. The van der Waals surface area contributed by atoms with Crippen LogP contribution in [0.5, 0.6) is 0 Å². The highest BCUT2D eigenvalue weighted by Crippen LogP contribution is 2.48. The Morgan fingerprint density at radius 1 is 0.420 bits per heavy atom. The first-order valence-corrected chi connectivity index (χ1v) is 17.7. The Labute approximate surface area is 293 Å². The van der Waals surface area contributed by atoms with E-state index in [4.69, 9.17) is 9.97 Å². The molecule has 0 fully saturated rings. The van der Waals surface area contributed by atoms with Gasteiger partial charge in [0.1, 0.15) is 0 Å². The molecule has 0 radical (unpaired) electrons. The van der Waals surface area contributed by atoms with Crippen LogP contribution in [0.4, 0.5) is 0 Å². The Hall–Kier alpha value is -6.36. The highest BCUT2D eigenvalue weighted by atomic mass is 32.1. The molecular formula is C46H29N3S. The number of fused-ring (bicyclic) bond motifs is 6. The van der Waals surface area contributed by atoms with Crippen molar-refractivity contribution in [1.82, 2.24) is 14.5 Å². The molecule has 3 nitrogen and oxygen atoms in total. The Kier molecular flexibility index (Phi) is 6.68. The van der Waals surface area contributed by atoms with Crippen molar-refractivity contribution in [2.75, 3.05) is 0 Å². The predicted molar refractivity (Wildman–Crippen MR) is 211 cm³/mol. The molecule has 0 saturated carbocycles. The molecular weight excluding hydrogens is 627 g/mol. The third-order valence-corrected chi connectivity index (χ3v) is 10.8. The number of thiophene rings is 1. The second-order valence-corrected chi connectivity index (χ2v) is 13.6. The number of hydrogen-bond acceptors (Lipinski definition) is 3. The number of benzene rings is 7. The van der Waals surface area contributed by atoms with Crippen LogP contribution < -0.4 is 0 Å². The molecule has 0 amide bonds. The van der Waals surface area contributed by atoms with Crippen molar-refractivity contribution in [3.8, 4) is 50.7 Å². The van der Waals surface area contributed by atoms with Gasteiger partial charge in [-0.3, -0.25) is 0 Å². The van der Waals surface area contributed by atoms with Gasteiger partial charge in [-0.1, -0.05) is 146 Å². The molecule has 0 bridgehead atoms. The van der Waals surface area contributed by atoms with Crippen molar-refractivity contribution in [2.24, 2.45) is 0 Å². The zero-order chi connectivity index (χ0) is 33.0. The maximum atomic E-state index is 5.42. The third kappa shape index (κ3) is 4.57. The maximum absolute atomic E-state index is 5.42. The zero-order valence-corrected chi connectivity index (χ0v) is 27.8. The van der Waals surface area contributed by atoms with Crippen LogP contribution in [0.15, 0.2) is 176 Å². The van der Waals surface area contributed by atoms with Gasteiger partial charge in [0.25, 0.3) is 0 Å². The molecule has 0 N–H and O–H groups in total. The van der Waals surface area contributed by atoms with Crippen LogP contribution in [-0.4, -0.2) is 14.5 Å². The first kappa shape index (κ1) is 28.6. The van der Waals surface area contributed by atoms with Gasteiger partial charge in [0.2, 0.25) is 0 Å². The maximum Gasteiger partial charge on any atom is 0.160 e. The standard InChI is InChI=1S/C46H29N3S/c1-4-16-30(17-5-1)43-42(44(31-18-6-2-7-19-31)48-46(47-43)32-20-8-3-9-21-32)38-29-33(28-37-36-24-12-15-27-41(36)50-45(37)38)49-39-25-13-10-22-34(39)35-23-11-14-26-40(35)49/h1-29H. The molecule has 0 saturated heterocycles. The summed E-state index contributed by atoms with van der Waals surface area (Å²) in [6.45, 7) is 0. The number of rotatable bonds is 5. The number of para-hydroxylation sites is 2. The summed E-state index contributed by atoms with van der Waals surface area (Å²) in [7, 11) is 0. The Bertz CT molecular complexity index is 2740. The van der Waals surface area contributed by atoms with E-state index < -0.39 is 0 Å². The lowest BCUT2D eigenvalue weighted by Crippen LogP contribution is -2.02. The van der Waals surface area contributed by atoms with Crippen molar-refractivity contribution in [2.45, 2.75) is 0 Å². The molecule has 0 unspecified atom stereocenters. The Balaban J connectivity index is 1.39. The molecule has 10 rings (SSSR count). The highest BCUT2D eigenvalue weighted by molar-refractivity contribution is 7.26. The molecule has 7 aromatic carbocycles. The van der Waals surface area contributed by atoms with E-state index in [9.17, 15) is 0 Å². The van der Waals surface area contributed by atoms with Crippen molar-refractivity contribution in [3.05, 3.63) is 176 Å². The molecule has 0 atom stereocenters. The topological polar surface area (TPSA) is 30.7 Å². The van der Waals surface area contributed by atoms with E-state index in [2.05, 4.69) is 162 Å². The zero-order valence-electron chi connectivity index (χ0n) is 27.0. The fourth-order valence-electron chi connectivity index (χ4n) is 7.37. The van der Waals surface area contributed by atoms with Crippen LogP contribution in [0.2, 0.25) is 0 Å². The highest BCUT2D eigenvalue weighted by Gasteiger charge is 2.24. The molecule has 0 spiro atoms. The van der Waals surface area contributed by atoms with Gasteiger partial charge in [-0.15, -0.1) is 11.3 Å². The molecule has 3 heterocycles. The van der Waals surface area contributed by atoms with Crippen molar-refractivity contribution in [3.63, 3.8) is 0 Å². The van der Waals surface area contributed by atoms with E-state index in [1.54, 1.807) is 0 Å². The average molecular weight is 656 g/mol. The van der Waals surface area contributed by atoms with Crippen LogP contribution in [0.25, 0.3) is 92.7 Å². The van der Waals surface area contributed by atoms with Gasteiger partial charge in [-0.2, -0.15) is 0 Å². The normalized spacial score (nSPS) is 11.6. The van der Waals surface area contributed by atoms with Gasteiger partial charge in [0.05, 0.1) is 22.4 Å². The van der Waals surface area contributed by atoms with Gasteiger partial charge < -0.3 is 4.57 Å². The van der Waals surface area contributed by atoms with Crippen LogP contribution >= 0.6 is 11.3 Å². The second-order valence-electron chi connectivity index (χ2n) is 12.6. The summed E-state index contributed by atoms with van der Waals surface area (Å²) >= 11 is 1.84. The largest absolute Gasteiger partial charge is 0.309 e. The molecule has 50 heavy (non-hydrogen) atoms. The first-order chi connectivity index (χ1) is 24.8. The van der Waals surface area contributed by atoms with Crippen molar-refractivity contribution < 1.29 is 0 Å². The van der Waals surface area contributed by atoms with E-state index in [1.807, 2.05) is 29.5 Å². The first-order valence-electron chi connectivity index (χ1n) is 16.8. The fourth-order valence-corrected chi connectivity index (χ4v) is 8.57. The number of hydrogen-bond donors (Lipinski definition) is 0. The Morgan fingerprint density at radius 3 is 1.48 bits per heavy atom. The summed E-state index contributed by atoms with van der Waals surface area (Å²) in [4.78, 5) is 10.8. The van der Waals surface area contributed by atoms with E-state index in [-0.39, 0.29) is 0 Å². The second kappa shape index (κ2) is 11.7. The van der Waals surface area contributed by atoms with E-state index in [1.165, 1.54) is 42.0 Å². The van der Waals surface area contributed by atoms with E-state index >= 15 is 0 Å². The minimum Gasteiger partial charge on any atom is -0.309 e. The number of nitrogens with zero attached hydrogens (tertiary/aromatic N) is 3. The summed E-state index contributed by atoms with van der Waals surface area (Å²) < 4.78 is 4.90. The molecule has 234 valence electrons. The van der Waals surface area contributed by atoms with Crippen LogP contribution in [-0.2, 0) is 0 Å².